The third-order valence-electron chi connectivity index (χ3n) is 5.08. The number of carbonyl (C=O) groups excluding carboxylic acids is 2. The van der Waals surface area contributed by atoms with Gasteiger partial charge in [-0.1, -0.05) is 6.07 Å². The van der Waals surface area contributed by atoms with Gasteiger partial charge in [0.2, 0.25) is 0 Å². The Balaban J connectivity index is 1.89. The van der Waals surface area contributed by atoms with Crippen LogP contribution in [0, 0.1) is 0 Å². The molecule has 0 aromatic heterocycles. The van der Waals surface area contributed by atoms with Crippen molar-refractivity contribution in [2.24, 2.45) is 0 Å². The lowest BCUT2D eigenvalue weighted by Crippen LogP contribution is -2.41. The van der Waals surface area contributed by atoms with E-state index in [2.05, 4.69) is 10.6 Å². The molecule has 8 nitrogen and oxygen atoms in total. The van der Waals surface area contributed by atoms with Crippen LogP contribution in [0.4, 0.5) is 0 Å². The quantitative estimate of drug-likeness (QED) is 0.441. The fourth-order valence-corrected chi connectivity index (χ4v) is 3.25. The lowest BCUT2D eigenvalue weighted by molar-refractivity contribution is 0.0883. The number of benzene rings is 3. The highest BCUT2D eigenvalue weighted by Crippen LogP contribution is 2.30. The van der Waals surface area contributed by atoms with E-state index in [-0.39, 0.29) is 11.8 Å². The third kappa shape index (κ3) is 5.98. The van der Waals surface area contributed by atoms with Gasteiger partial charge in [0.15, 0.2) is 11.5 Å². The molecule has 0 unspecified atom stereocenters. The van der Waals surface area contributed by atoms with Crippen molar-refractivity contribution in [3.63, 3.8) is 0 Å². The molecule has 3 rings (SSSR count). The Morgan fingerprint density at radius 1 is 0.706 bits per heavy atom. The molecular weight excluding hydrogens is 436 g/mol. The van der Waals surface area contributed by atoms with Gasteiger partial charge < -0.3 is 29.6 Å². The van der Waals surface area contributed by atoms with Crippen molar-refractivity contribution >= 4 is 11.8 Å². The number of amides is 2. The van der Waals surface area contributed by atoms with Crippen molar-refractivity contribution in [1.82, 2.24) is 10.6 Å². The molecule has 2 N–H and O–H groups in total. The van der Waals surface area contributed by atoms with Crippen molar-refractivity contribution in [3.8, 4) is 23.0 Å². The molecule has 0 spiro atoms. The van der Waals surface area contributed by atoms with E-state index < -0.39 is 6.17 Å². The first-order chi connectivity index (χ1) is 16.5. The van der Waals surface area contributed by atoms with Gasteiger partial charge in [0, 0.05) is 11.1 Å². The fraction of sp³-hybridized carbons (Fsp3) is 0.231. The van der Waals surface area contributed by atoms with Crippen LogP contribution in [0.3, 0.4) is 0 Å². The van der Waals surface area contributed by atoms with Crippen LogP contribution in [0.1, 0.15) is 39.4 Å². The Morgan fingerprint density at radius 3 is 1.62 bits per heavy atom. The Kier molecular flexibility index (Phi) is 8.34. The average molecular weight is 465 g/mol. The molecule has 0 heterocycles. The van der Waals surface area contributed by atoms with E-state index in [0.717, 1.165) is 0 Å². The predicted octanol–water partition coefficient (Wildman–Crippen LogP) is 3.97. The first kappa shape index (κ1) is 24.4. The predicted molar refractivity (Wildman–Crippen MR) is 128 cm³/mol. The number of ether oxygens (including phenoxy) is 4. The number of hydrogen-bond donors (Lipinski definition) is 2. The van der Waals surface area contributed by atoms with Gasteiger partial charge >= 0.3 is 0 Å². The number of methoxy groups -OCH3 is 3. The summed E-state index contributed by atoms with van der Waals surface area (Å²) in [5.41, 5.74) is 1.45. The van der Waals surface area contributed by atoms with Crippen molar-refractivity contribution < 1.29 is 28.5 Å². The average Bonchev–Trinajstić information content (AvgIpc) is 2.88. The normalized spacial score (nSPS) is 10.4. The molecule has 178 valence electrons. The minimum atomic E-state index is -0.839. The molecule has 0 bridgehead atoms. The number of hydrogen-bond acceptors (Lipinski definition) is 6. The Hall–Kier alpha value is -4.20. The molecular formula is C26H28N2O6. The Bertz CT molecular complexity index is 1050. The van der Waals surface area contributed by atoms with Crippen LogP contribution in [0.15, 0.2) is 66.7 Å². The van der Waals surface area contributed by atoms with Crippen LogP contribution in [-0.4, -0.2) is 39.8 Å². The van der Waals surface area contributed by atoms with Crippen LogP contribution >= 0.6 is 0 Å². The molecule has 3 aromatic rings. The van der Waals surface area contributed by atoms with Crippen LogP contribution in [0.25, 0.3) is 0 Å². The van der Waals surface area contributed by atoms with E-state index in [0.29, 0.717) is 46.3 Å². The van der Waals surface area contributed by atoms with Gasteiger partial charge in [-0.2, -0.15) is 0 Å². The molecule has 0 atom stereocenters. The molecule has 0 aliphatic carbocycles. The lowest BCUT2D eigenvalue weighted by atomic mass is 10.1. The van der Waals surface area contributed by atoms with Gasteiger partial charge in [0.05, 0.1) is 27.9 Å². The standard InChI is InChI=1S/C26H28N2O6/c1-5-34-22-15-10-19(16-23(22)33-4)24(27-25(29)17-6-11-20(31-2)12-7-17)28-26(30)18-8-13-21(32-3)14-9-18/h6-16,24H,5H2,1-4H3,(H,27,29)(H,28,30). The van der Waals surface area contributed by atoms with Gasteiger partial charge in [-0.25, -0.2) is 0 Å². The second-order valence-electron chi connectivity index (χ2n) is 7.18. The molecule has 2 amide bonds. The van der Waals surface area contributed by atoms with Crippen LogP contribution in [0.2, 0.25) is 0 Å². The topological polar surface area (TPSA) is 95.1 Å². The van der Waals surface area contributed by atoms with Gasteiger partial charge in [-0.15, -0.1) is 0 Å². The zero-order valence-corrected chi connectivity index (χ0v) is 19.6. The summed E-state index contributed by atoms with van der Waals surface area (Å²) in [6.45, 7) is 2.35. The highest BCUT2D eigenvalue weighted by molar-refractivity contribution is 5.97. The maximum absolute atomic E-state index is 13.0. The Labute approximate surface area is 198 Å². The summed E-state index contributed by atoms with van der Waals surface area (Å²) in [5, 5.41) is 5.76. The third-order valence-corrected chi connectivity index (χ3v) is 5.08. The van der Waals surface area contributed by atoms with Gasteiger partial charge in [0.1, 0.15) is 17.7 Å². The summed E-state index contributed by atoms with van der Waals surface area (Å²) in [6.07, 6.45) is -0.839. The molecule has 0 fully saturated rings. The Morgan fingerprint density at radius 2 is 1.21 bits per heavy atom. The number of carbonyl (C=O) groups is 2. The van der Waals surface area contributed by atoms with E-state index in [1.165, 1.54) is 7.11 Å². The molecule has 0 radical (unpaired) electrons. The zero-order chi connectivity index (χ0) is 24.5. The largest absolute Gasteiger partial charge is 0.497 e. The van der Waals surface area contributed by atoms with Crippen molar-refractivity contribution in [1.29, 1.82) is 0 Å². The molecule has 8 heteroatoms. The summed E-state index contributed by atoms with van der Waals surface area (Å²) in [7, 11) is 4.64. The van der Waals surface area contributed by atoms with E-state index >= 15 is 0 Å². The monoisotopic (exact) mass is 464 g/mol. The molecule has 0 aliphatic heterocycles. The highest BCUT2D eigenvalue weighted by atomic mass is 16.5. The summed E-state index contributed by atoms with van der Waals surface area (Å²) in [6, 6.07) is 18.6. The van der Waals surface area contributed by atoms with Gasteiger partial charge in [0.25, 0.3) is 11.8 Å². The molecule has 0 saturated carbocycles. The number of rotatable bonds is 10. The summed E-state index contributed by atoms with van der Waals surface area (Å²) in [5.74, 6) is 1.59. The SMILES string of the molecule is CCOc1ccc(C(NC(=O)c2ccc(OC)cc2)NC(=O)c2ccc(OC)cc2)cc1OC. The summed E-state index contributed by atoms with van der Waals surface area (Å²) in [4.78, 5) is 26.0. The molecule has 3 aromatic carbocycles. The summed E-state index contributed by atoms with van der Waals surface area (Å²) < 4.78 is 21.3. The summed E-state index contributed by atoms with van der Waals surface area (Å²) >= 11 is 0. The number of nitrogens with one attached hydrogen (secondary N) is 2. The van der Waals surface area contributed by atoms with E-state index in [4.69, 9.17) is 18.9 Å². The first-order valence-corrected chi connectivity index (χ1v) is 10.7. The molecule has 0 saturated heterocycles. The van der Waals surface area contributed by atoms with Crippen molar-refractivity contribution in [3.05, 3.63) is 83.4 Å². The second-order valence-corrected chi connectivity index (χ2v) is 7.18. The maximum Gasteiger partial charge on any atom is 0.253 e. The lowest BCUT2D eigenvalue weighted by Gasteiger charge is -2.22. The van der Waals surface area contributed by atoms with Crippen molar-refractivity contribution in [2.45, 2.75) is 13.1 Å². The maximum atomic E-state index is 13.0. The van der Waals surface area contributed by atoms with Gasteiger partial charge in [-0.3, -0.25) is 9.59 Å². The van der Waals surface area contributed by atoms with E-state index in [1.807, 2.05) is 6.92 Å². The smallest absolute Gasteiger partial charge is 0.253 e. The van der Waals surface area contributed by atoms with Crippen LogP contribution in [0.5, 0.6) is 23.0 Å². The molecule has 34 heavy (non-hydrogen) atoms. The zero-order valence-electron chi connectivity index (χ0n) is 19.6. The second kappa shape index (κ2) is 11.6. The van der Waals surface area contributed by atoms with E-state index in [9.17, 15) is 9.59 Å². The van der Waals surface area contributed by atoms with Crippen molar-refractivity contribution in [2.75, 3.05) is 27.9 Å². The van der Waals surface area contributed by atoms with Crippen LogP contribution < -0.4 is 29.6 Å². The highest BCUT2D eigenvalue weighted by Gasteiger charge is 2.21. The minimum absolute atomic E-state index is 0.365. The fourth-order valence-electron chi connectivity index (χ4n) is 3.25. The van der Waals surface area contributed by atoms with Crippen LogP contribution in [-0.2, 0) is 0 Å². The van der Waals surface area contributed by atoms with E-state index in [1.54, 1.807) is 80.9 Å². The molecule has 0 aliphatic rings. The van der Waals surface area contributed by atoms with Gasteiger partial charge in [-0.05, 0) is 73.2 Å². The first-order valence-electron chi connectivity index (χ1n) is 10.7. The minimum Gasteiger partial charge on any atom is -0.497 e.